The molecule has 0 spiro atoms. The SMILES string of the molecule is O=C(NCc1ccccn1)C1CSC(c2ccoc2)N1C(=O)c1ccco1. The van der Waals surface area contributed by atoms with Crippen LogP contribution in [0.25, 0.3) is 0 Å². The van der Waals surface area contributed by atoms with Crippen LogP contribution in [0.4, 0.5) is 0 Å². The van der Waals surface area contributed by atoms with Crippen molar-refractivity contribution in [3.63, 3.8) is 0 Å². The maximum atomic E-state index is 13.0. The summed E-state index contributed by atoms with van der Waals surface area (Å²) in [6, 6.07) is 9.95. The van der Waals surface area contributed by atoms with E-state index in [1.165, 1.54) is 18.0 Å². The van der Waals surface area contributed by atoms with Gasteiger partial charge < -0.3 is 19.1 Å². The number of pyridine rings is 1. The quantitative estimate of drug-likeness (QED) is 0.729. The highest BCUT2D eigenvalue weighted by Crippen LogP contribution is 2.42. The largest absolute Gasteiger partial charge is 0.472 e. The summed E-state index contributed by atoms with van der Waals surface area (Å²) in [5.74, 6) is 0.137. The van der Waals surface area contributed by atoms with Crippen molar-refractivity contribution in [2.75, 3.05) is 5.75 Å². The number of furan rings is 2. The second kappa shape index (κ2) is 7.71. The van der Waals surface area contributed by atoms with Crippen LogP contribution in [-0.4, -0.2) is 33.5 Å². The first kappa shape index (κ1) is 17.4. The average molecular weight is 383 g/mol. The van der Waals surface area contributed by atoms with Crippen molar-refractivity contribution in [2.45, 2.75) is 18.0 Å². The van der Waals surface area contributed by atoms with Crippen LogP contribution in [0, 0.1) is 0 Å². The summed E-state index contributed by atoms with van der Waals surface area (Å²) in [7, 11) is 0. The molecule has 4 heterocycles. The van der Waals surface area contributed by atoms with Gasteiger partial charge in [0.1, 0.15) is 11.4 Å². The van der Waals surface area contributed by atoms with Gasteiger partial charge >= 0.3 is 0 Å². The molecule has 0 saturated carbocycles. The first-order chi connectivity index (χ1) is 13.2. The van der Waals surface area contributed by atoms with Gasteiger partial charge in [-0.25, -0.2) is 0 Å². The normalized spacial score (nSPS) is 19.2. The van der Waals surface area contributed by atoms with Crippen molar-refractivity contribution in [1.29, 1.82) is 0 Å². The molecular weight excluding hydrogens is 366 g/mol. The molecule has 0 radical (unpaired) electrons. The van der Waals surface area contributed by atoms with Gasteiger partial charge in [-0.15, -0.1) is 11.8 Å². The molecular formula is C19H17N3O4S. The Balaban J connectivity index is 1.54. The second-order valence-corrected chi connectivity index (χ2v) is 7.10. The highest BCUT2D eigenvalue weighted by molar-refractivity contribution is 7.99. The number of rotatable bonds is 5. The number of hydrogen-bond acceptors (Lipinski definition) is 6. The van der Waals surface area contributed by atoms with E-state index < -0.39 is 6.04 Å². The third-order valence-electron chi connectivity index (χ3n) is 4.27. The van der Waals surface area contributed by atoms with Gasteiger partial charge in [0, 0.05) is 17.5 Å². The van der Waals surface area contributed by atoms with Gasteiger partial charge in [0.25, 0.3) is 5.91 Å². The fourth-order valence-corrected chi connectivity index (χ4v) is 4.36. The number of aromatic nitrogens is 1. The van der Waals surface area contributed by atoms with Crippen LogP contribution in [-0.2, 0) is 11.3 Å². The highest BCUT2D eigenvalue weighted by Gasteiger charge is 2.43. The number of thioether (sulfide) groups is 1. The lowest BCUT2D eigenvalue weighted by Crippen LogP contribution is -2.47. The molecule has 3 aromatic heterocycles. The molecule has 7 nitrogen and oxygen atoms in total. The minimum atomic E-state index is -0.615. The van der Waals surface area contributed by atoms with Crippen molar-refractivity contribution < 1.29 is 18.4 Å². The van der Waals surface area contributed by atoms with E-state index in [1.54, 1.807) is 41.8 Å². The Morgan fingerprint density at radius 1 is 1.22 bits per heavy atom. The fourth-order valence-electron chi connectivity index (χ4n) is 2.95. The molecule has 8 heteroatoms. The Morgan fingerprint density at radius 2 is 2.15 bits per heavy atom. The molecule has 3 aromatic rings. The number of nitrogens with one attached hydrogen (secondary N) is 1. The number of amides is 2. The Hall–Kier alpha value is -3.00. The van der Waals surface area contributed by atoms with E-state index >= 15 is 0 Å². The van der Waals surface area contributed by atoms with Crippen LogP contribution >= 0.6 is 11.8 Å². The maximum Gasteiger partial charge on any atom is 0.291 e. The van der Waals surface area contributed by atoms with Gasteiger partial charge in [0.15, 0.2) is 5.76 Å². The molecule has 1 N–H and O–H groups in total. The summed E-state index contributed by atoms with van der Waals surface area (Å²) in [6.45, 7) is 0.306. The predicted molar refractivity (Wildman–Crippen MR) is 98.7 cm³/mol. The molecule has 2 amide bonds. The molecule has 1 fully saturated rings. The van der Waals surface area contributed by atoms with E-state index in [9.17, 15) is 9.59 Å². The molecule has 27 heavy (non-hydrogen) atoms. The zero-order chi connectivity index (χ0) is 18.6. The van der Waals surface area contributed by atoms with Gasteiger partial charge in [-0.3, -0.25) is 14.6 Å². The Labute approximate surface area is 159 Å². The molecule has 4 rings (SSSR count). The zero-order valence-corrected chi connectivity index (χ0v) is 15.1. The van der Waals surface area contributed by atoms with E-state index in [-0.39, 0.29) is 22.9 Å². The van der Waals surface area contributed by atoms with E-state index in [4.69, 9.17) is 8.83 Å². The molecule has 1 saturated heterocycles. The summed E-state index contributed by atoms with van der Waals surface area (Å²) in [5.41, 5.74) is 1.59. The molecule has 0 aliphatic carbocycles. The Kier molecular flexibility index (Phi) is 4.97. The summed E-state index contributed by atoms with van der Waals surface area (Å²) >= 11 is 1.52. The van der Waals surface area contributed by atoms with Gasteiger partial charge in [-0.2, -0.15) is 0 Å². The summed E-state index contributed by atoms with van der Waals surface area (Å²) in [4.78, 5) is 31.6. The van der Waals surface area contributed by atoms with Crippen molar-refractivity contribution in [1.82, 2.24) is 15.2 Å². The van der Waals surface area contributed by atoms with Crippen LogP contribution in [0.1, 0.15) is 27.2 Å². The second-order valence-electron chi connectivity index (χ2n) is 5.99. The minimum absolute atomic E-state index is 0.202. The Bertz CT molecular complexity index is 896. The maximum absolute atomic E-state index is 13.0. The molecule has 1 aliphatic rings. The topological polar surface area (TPSA) is 88.6 Å². The van der Waals surface area contributed by atoms with E-state index in [1.807, 2.05) is 18.2 Å². The summed E-state index contributed by atoms with van der Waals surface area (Å²) < 4.78 is 10.4. The molecule has 0 aromatic carbocycles. The molecule has 2 unspecified atom stereocenters. The van der Waals surface area contributed by atoms with Crippen molar-refractivity contribution in [3.05, 3.63) is 78.4 Å². The monoisotopic (exact) mass is 383 g/mol. The number of carbonyl (C=O) groups is 2. The third kappa shape index (κ3) is 3.61. The summed E-state index contributed by atoms with van der Waals surface area (Å²) in [5, 5.41) is 2.56. The minimum Gasteiger partial charge on any atom is -0.472 e. The standard InChI is InChI=1S/C19H17N3O4S/c23-17(21-10-14-4-1-2-7-20-14)15-12-27-19(13-6-9-25-11-13)22(15)18(24)16-5-3-8-26-16/h1-9,11,15,19H,10,12H2,(H,21,23). The Morgan fingerprint density at radius 3 is 2.85 bits per heavy atom. The summed E-state index contributed by atoms with van der Waals surface area (Å²) in [6.07, 6.45) is 6.27. The van der Waals surface area contributed by atoms with Gasteiger partial charge in [0.2, 0.25) is 5.91 Å². The van der Waals surface area contributed by atoms with Crippen LogP contribution in [0.15, 0.2) is 70.2 Å². The highest BCUT2D eigenvalue weighted by atomic mass is 32.2. The fraction of sp³-hybridized carbons (Fsp3) is 0.211. The molecule has 1 aliphatic heterocycles. The smallest absolute Gasteiger partial charge is 0.291 e. The van der Waals surface area contributed by atoms with Crippen LogP contribution in [0.3, 0.4) is 0 Å². The van der Waals surface area contributed by atoms with Crippen LogP contribution in [0.5, 0.6) is 0 Å². The van der Waals surface area contributed by atoms with Crippen molar-refractivity contribution in [2.24, 2.45) is 0 Å². The van der Waals surface area contributed by atoms with Gasteiger partial charge in [-0.1, -0.05) is 6.07 Å². The number of hydrogen-bond donors (Lipinski definition) is 1. The zero-order valence-electron chi connectivity index (χ0n) is 14.3. The van der Waals surface area contributed by atoms with E-state index in [0.717, 1.165) is 11.3 Å². The lowest BCUT2D eigenvalue weighted by Gasteiger charge is -2.27. The van der Waals surface area contributed by atoms with Crippen LogP contribution in [0.2, 0.25) is 0 Å². The number of carbonyl (C=O) groups excluding carboxylic acids is 2. The predicted octanol–water partition coefficient (Wildman–Crippen LogP) is 2.84. The van der Waals surface area contributed by atoms with E-state index in [2.05, 4.69) is 10.3 Å². The van der Waals surface area contributed by atoms with Crippen molar-refractivity contribution >= 4 is 23.6 Å². The lowest BCUT2D eigenvalue weighted by molar-refractivity contribution is -0.125. The number of nitrogens with zero attached hydrogens (tertiary/aromatic N) is 2. The first-order valence-electron chi connectivity index (χ1n) is 8.41. The molecule has 2 atom stereocenters. The van der Waals surface area contributed by atoms with E-state index in [0.29, 0.717) is 12.3 Å². The third-order valence-corrected chi connectivity index (χ3v) is 5.59. The lowest BCUT2D eigenvalue weighted by atomic mass is 10.2. The molecule has 0 bridgehead atoms. The van der Waals surface area contributed by atoms with Gasteiger partial charge in [0.05, 0.1) is 31.0 Å². The van der Waals surface area contributed by atoms with Gasteiger partial charge in [-0.05, 0) is 30.3 Å². The van der Waals surface area contributed by atoms with Crippen molar-refractivity contribution in [3.8, 4) is 0 Å². The molecule has 138 valence electrons. The first-order valence-corrected chi connectivity index (χ1v) is 9.46. The van der Waals surface area contributed by atoms with Crippen LogP contribution < -0.4 is 5.32 Å². The average Bonchev–Trinajstić information content (AvgIpc) is 3.47.